The van der Waals surface area contributed by atoms with Gasteiger partial charge in [0.15, 0.2) is 0 Å². The van der Waals surface area contributed by atoms with Crippen LogP contribution in [0.15, 0.2) is 36.4 Å². The Balaban J connectivity index is 1.88. The summed E-state index contributed by atoms with van der Waals surface area (Å²) in [5.41, 5.74) is 0.357. The molecule has 0 radical (unpaired) electrons. The lowest BCUT2D eigenvalue weighted by Gasteiger charge is -2.17. The minimum Gasteiger partial charge on any atom is -0.465 e. The van der Waals surface area contributed by atoms with Crippen molar-refractivity contribution in [3.63, 3.8) is 0 Å². The number of benzene rings is 1. The van der Waals surface area contributed by atoms with Gasteiger partial charge in [-0.15, -0.1) is 0 Å². The first-order valence-electron chi connectivity index (χ1n) is 6.69. The minimum atomic E-state index is -0.478. The van der Waals surface area contributed by atoms with E-state index in [-0.39, 0.29) is 12.1 Å². The second kappa shape index (κ2) is 6.84. The van der Waals surface area contributed by atoms with Crippen LogP contribution in [-0.2, 0) is 16.0 Å². The number of ether oxygens (including phenoxy) is 1. The van der Waals surface area contributed by atoms with Crippen molar-refractivity contribution in [1.82, 2.24) is 0 Å². The smallest absolute Gasteiger partial charge is 0.310 e. The maximum Gasteiger partial charge on any atom is 0.310 e. The monoisotopic (exact) mass is 275 g/mol. The molecule has 0 saturated heterocycles. The van der Waals surface area contributed by atoms with Gasteiger partial charge < -0.3 is 4.74 Å². The van der Waals surface area contributed by atoms with Crippen molar-refractivity contribution in [2.45, 2.75) is 25.7 Å². The first-order chi connectivity index (χ1) is 9.66. The fraction of sp³-hybridized carbons (Fsp3) is 0.400. The molecule has 1 aromatic carbocycles. The molecule has 0 amide bonds. The van der Waals surface area contributed by atoms with E-state index in [1.54, 1.807) is 18.2 Å². The molecule has 5 nitrogen and oxygen atoms in total. The number of hydrogen-bond donors (Lipinski definition) is 0. The Kier molecular flexibility index (Phi) is 4.87. The highest BCUT2D eigenvalue weighted by molar-refractivity contribution is 5.74. The molecule has 5 heteroatoms. The van der Waals surface area contributed by atoms with Crippen molar-refractivity contribution in [2.75, 3.05) is 6.61 Å². The second-order valence-corrected chi connectivity index (χ2v) is 4.90. The van der Waals surface area contributed by atoms with E-state index in [1.807, 2.05) is 0 Å². The lowest BCUT2D eigenvalue weighted by atomic mass is 9.95. The van der Waals surface area contributed by atoms with E-state index in [2.05, 4.69) is 12.2 Å². The predicted molar refractivity (Wildman–Crippen MR) is 74.2 cm³/mol. The van der Waals surface area contributed by atoms with Gasteiger partial charge in [0.1, 0.15) is 0 Å². The average molecular weight is 275 g/mol. The molecule has 0 N–H and O–H groups in total. The number of esters is 1. The van der Waals surface area contributed by atoms with Crippen LogP contribution in [0.1, 0.15) is 24.8 Å². The number of carbonyl (C=O) groups is 1. The quantitative estimate of drug-likeness (QED) is 0.358. The zero-order valence-electron chi connectivity index (χ0n) is 11.2. The number of nitro groups is 1. The van der Waals surface area contributed by atoms with Crippen LogP contribution in [0.25, 0.3) is 0 Å². The zero-order chi connectivity index (χ0) is 14.4. The van der Waals surface area contributed by atoms with Crippen LogP contribution in [0, 0.1) is 16.0 Å². The van der Waals surface area contributed by atoms with Crippen molar-refractivity contribution in [1.29, 1.82) is 0 Å². The molecular formula is C15H17NO4. The molecule has 0 heterocycles. The normalized spacial score (nSPS) is 17.7. The highest BCUT2D eigenvalue weighted by atomic mass is 16.6. The van der Waals surface area contributed by atoms with Gasteiger partial charge in [0.05, 0.1) is 18.0 Å². The van der Waals surface area contributed by atoms with Crippen LogP contribution in [0.3, 0.4) is 0 Å². The first-order valence-corrected chi connectivity index (χ1v) is 6.69. The van der Waals surface area contributed by atoms with Gasteiger partial charge in [0, 0.05) is 11.6 Å². The Hall–Kier alpha value is -2.17. The van der Waals surface area contributed by atoms with Crippen LogP contribution in [0.5, 0.6) is 0 Å². The molecule has 0 bridgehead atoms. The highest BCUT2D eigenvalue weighted by Gasteiger charge is 2.17. The van der Waals surface area contributed by atoms with Crippen LogP contribution >= 0.6 is 0 Å². The fourth-order valence-electron chi connectivity index (χ4n) is 2.26. The number of hydrogen-bond acceptors (Lipinski definition) is 4. The van der Waals surface area contributed by atoms with Crippen molar-refractivity contribution in [2.24, 2.45) is 5.92 Å². The molecule has 0 aliphatic heterocycles. The molecule has 1 aliphatic carbocycles. The summed E-state index contributed by atoms with van der Waals surface area (Å²) in [6.45, 7) is 0.393. The Morgan fingerprint density at radius 1 is 1.35 bits per heavy atom. The molecule has 0 aromatic heterocycles. The van der Waals surface area contributed by atoms with Gasteiger partial charge in [-0.2, -0.15) is 0 Å². The molecule has 1 atom stereocenters. The van der Waals surface area contributed by atoms with Crippen LogP contribution < -0.4 is 0 Å². The lowest BCUT2D eigenvalue weighted by molar-refractivity contribution is -0.385. The molecule has 1 aliphatic rings. The molecule has 0 spiro atoms. The van der Waals surface area contributed by atoms with Crippen molar-refractivity contribution in [3.8, 4) is 0 Å². The number of nitro benzene ring substituents is 1. The Morgan fingerprint density at radius 2 is 2.15 bits per heavy atom. The number of allylic oxidation sites excluding steroid dienone is 2. The first kappa shape index (κ1) is 14.2. The summed E-state index contributed by atoms with van der Waals surface area (Å²) in [6.07, 6.45) is 7.15. The van der Waals surface area contributed by atoms with Crippen LogP contribution in [0.2, 0.25) is 0 Å². The van der Waals surface area contributed by atoms with Gasteiger partial charge in [0.2, 0.25) is 0 Å². The summed E-state index contributed by atoms with van der Waals surface area (Å²) >= 11 is 0. The van der Waals surface area contributed by atoms with E-state index >= 15 is 0 Å². The van der Waals surface area contributed by atoms with Gasteiger partial charge in [-0.25, -0.2) is 0 Å². The van der Waals surface area contributed by atoms with Crippen LogP contribution in [0.4, 0.5) is 5.69 Å². The largest absolute Gasteiger partial charge is 0.465 e. The second-order valence-electron chi connectivity index (χ2n) is 4.90. The summed E-state index contributed by atoms with van der Waals surface area (Å²) in [5, 5.41) is 10.9. The van der Waals surface area contributed by atoms with Crippen LogP contribution in [-0.4, -0.2) is 17.5 Å². The Morgan fingerprint density at radius 3 is 2.85 bits per heavy atom. The third kappa shape index (κ3) is 3.91. The van der Waals surface area contributed by atoms with Gasteiger partial charge in [-0.05, 0) is 25.2 Å². The van der Waals surface area contributed by atoms with Gasteiger partial charge >= 0.3 is 5.97 Å². The van der Waals surface area contributed by atoms with E-state index < -0.39 is 10.9 Å². The van der Waals surface area contributed by atoms with E-state index in [0.29, 0.717) is 18.1 Å². The molecule has 106 valence electrons. The van der Waals surface area contributed by atoms with E-state index in [0.717, 1.165) is 19.3 Å². The third-order valence-corrected chi connectivity index (χ3v) is 3.38. The summed E-state index contributed by atoms with van der Waals surface area (Å²) in [7, 11) is 0. The molecule has 0 fully saturated rings. The number of para-hydroxylation sites is 1. The maximum atomic E-state index is 11.8. The standard InChI is InChI=1S/C15H17NO4/c17-15(20-11-12-6-2-1-3-7-12)10-13-8-4-5-9-14(13)16(18)19/h1-2,4-5,8-9,12H,3,6-7,10-11H2. The molecule has 20 heavy (non-hydrogen) atoms. The van der Waals surface area contributed by atoms with Gasteiger partial charge in [0.25, 0.3) is 5.69 Å². The lowest BCUT2D eigenvalue weighted by Crippen LogP contribution is -2.17. The summed E-state index contributed by atoms with van der Waals surface area (Å²) < 4.78 is 5.22. The minimum absolute atomic E-state index is 0.0370. The molecule has 0 saturated carbocycles. The van der Waals surface area contributed by atoms with E-state index in [4.69, 9.17) is 4.74 Å². The van der Waals surface area contributed by atoms with E-state index in [9.17, 15) is 14.9 Å². The van der Waals surface area contributed by atoms with Gasteiger partial charge in [-0.1, -0.05) is 30.4 Å². The molecule has 1 unspecified atom stereocenters. The Bertz CT molecular complexity index is 524. The van der Waals surface area contributed by atoms with E-state index in [1.165, 1.54) is 6.07 Å². The van der Waals surface area contributed by atoms with Crippen molar-refractivity contribution >= 4 is 11.7 Å². The highest BCUT2D eigenvalue weighted by Crippen LogP contribution is 2.20. The SMILES string of the molecule is O=C(Cc1ccccc1[N+](=O)[O-])OCC1CC=CCC1. The zero-order valence-corrected chi connectivity index (χ0v) is 11.2. The van der Waals surface area contributed by atoms with Crippen molar-refractivity contribution < 1.29 is 14.5 Å². The predicted octanol–water partition coefficient (Wildman–Crippen LogP) is 3.04. The number of nitrogens with zero attached hydrogens (tertiary/aromatic N) is 1. The molecule has 1 aromatic rings. The Labute approximate surface area is 117 Å². The topological polar surface area (TPSA) is 69.4 Å². The number of carbonyl (C=O) groups excluding carboxylic acids is 1. The molecule has 2 rings (SSSR count). The third-order valence-electron chi connectivity index (χ3n) is 3.38. The average Bonchev–Trinajstić information content (AvgIpc) is 2.46. The number of rotatable bonds is 5. The van der Waals surface area contributed by atoms with Gasteiger partial charge in [-0.3, -0.25) is 14.9 Å². The summed E-state index contributed by atoms with van der Waals surface area (Å²) in [4.78, 5) is 22.1. The molecular weight excluding hydrogens is 258 g/mol. The summed E-state index contributed by atoms with van der Waals surface area (Å²) in [6, 6.07) is 6.25. The summed E-state index contributed by atoms with van der Waals surface area (Å²) in [5.74, 6) is -0.0384. The fourth-order valence-corrected chi connectivity index (χ4v) is 2.26. The van der Waals surface area contributed by atoms with Crippen molar-refractivity contribution in [3.05, 3.63) is 52.1 Å². The maximum absolute atomic E-state index is 11.8.